The van der Waals surface area contributed by atoms with Crippen molar-refractivity contribution in [1.82, 2.24) is 9.80 Å². The molecule has 4 N–H and O–H groups in total. The van der Waals surface area contributed by atoms with Crippen LogP contribution in [0.4, 0.5) is 9.59 Å². The van der Waals surface area contributed by atoms with E-state index in [2.05, 4.69) is 0 Å². The maximum absolute atomic E-state index is 13.1. The van der Waals surface area contributed by atoms with Crippen LogP contribution in [-0.2, 0) is 9.47 Å². The Hall–Kier alpha value is -1.54. The van der Waals surface area contributed by atoms with Gasteiger partial charge in [0, 0.05) is 13.1 Å². The second-order valence-electron chi connectivity index (χ2n) is 10.1. The third-order valence-corrected chi connectivity index (χ3v) is 4.96. The molecule has 0 heterocycles. The molecule has 1 fully saturated rings. The number of carbonyl (C=O) groups excluding carboxylic acids is 2. The second-order valence-corrected chi connectivity index (χ2v) is 10.1. The number of nitrogens with zero attached hydrogens (tertiary/aromatic N) is 2. The van der Waals surface area contributed by atoms with Crippen LogP contribution in [0.25, 0.3) is 0 Å². The molecule has 0 unspecified atom stereocenters. The maximum atomic E-state index is 13.1. The number of ether oxygens (including phenoxy) is 2. The SMILES string of the molecule is CC(C)(C)OC(=O)N(CCCN)[C@@H]1CCCC[C@H]1N(CCCN)C(=O)OC(C)(C)C. The van der Waals surface area contributed by atoms with E-state index in [1.807, 2.05) is 41.5 Å². The van der Waals surface area contributed by atoms with Crippen molar-refractivity contribution in [1.29, 1.82) is 0 Å². The minimum absolute atomic E-state index is 0.134. The van der Waals surface area contributed by atoms with Crippen molar-refractivity contribution in [3.8, 4) is 0 Å². The molecule has 0 saturated heterocycles. The standard InChI is InChI=1S/C22H44N4O4/c1-21(2,3)29-19(27)25(15-9-13-23)17-11-7-8-12-18(17)26(16-10-14-24)20(28)30-22(4,5)6/h17-18H,7-16,23-24H2,1-6H3/t17-,18-/m1/s1. The fourth-order valence-corrected chi connectivity index (χ4v) is 3.77. The number of hydrogen-bond acceptors (Lipinski definition) is 6. The third-order valence-electron chi connectivity index (χ3n) is 4.96. The molecular formula is C22H44N4O4. The molecule has 2 atom stereocenters. The number of nitrogens with two attached hydrogens (primary N) is 2. The maximum Gasteiger partial charge on any atom is 0.410 e. The van der Waals surface area contributed by atoms with Crippen LogP contribution in [-0.4, -0.2) is 71.5 Å². The summed E-state index contributed by atoms with van der Waals surface area (Å²) >= 11 is 0. The van der Waals surface area contributed by atoms with Gasteiger partial charge in [0.25, 0.3) is 0 Å². The normalized spacial score (nSPS) is 19.9. The average Bonchev–Trinajstić information content (AvgIpc) is 2.60. The van der Waals surface area contributed by atoms with Crippen LogP contribution < -0.4 is 11.5 Å². The monoisotopic (exact) mass is 428 g/mol. The van der Waals surface area contributed by atoms with Gasteiger partial charge in [-0.05, 0) is 80.3 Å². The molecule has 8 heteroatoms. The summed E-state index contributed by atoms with van der Waals surface area (Å²) in [5, 5.41) is 0. The topological polar surface area (TPSA) is 111 Å². The minimum Gasteiger partial charge on any atom is -0.444 e. The van der Waals surface area contributed by atoms with Crippen LogP contribution in [0.3, 0.4) is 0 Å². The molecule has 2 amide bonds. The quantitative estimate of drug-likeness (QED) is 0.612. The Morgan fingerprint density at radius 2 is 1.10 bits per heavy atom. The van der Waals surface area contributed by atoms with Crippen LogP contribution >= 0.6 is 0 Å². The van der Waals surface area contributed by atoms with E-state index in [1.54, 1.807) is 9.80 Å². The van der Waals surface area contributed by atoms with Crippen LogP contribution in [0, 0.1) is 0 Å². The molecule has 0 aliphatic heterocycles. The molecule has 1 rings (SSSR count). The lowest BCUT2D eigenvalue weighted by Gasteiger charge is -2.45. The number of carbonyl (C=O) groups is 2. The summed E-state index contributed by atoms with van der Waals surface area (Å²) in [7, 11) is 0. The molecule has 30 heavy (non-hydrogen) atoms. The highest BCUT2D eigenvalue weighted by Crippen LogP contribution is 2.30. The Kier molecular flexibility index (Phi) is 10.4. The smallest absolute Gasteiger partial charge is 0.410 e. The predicted octanol–water partition coefficient (Wildman–Crippen LogP) is 3.47. The Balaban J connectivity index is 3.18. The molecule has 1 saturated carbocycles. The molecule has 1 aliphatic rings. The number of hydrogen-bond donors (Lipinski definition) is 2. The number of amides is 2. The van der Waals surface area contributed by atoms with Gasteiger partial charge in [-0.1, -0.05) is 12.8 Å². The first kappa shape index (κ1) is 26.5. The summed E-state index contributed by atoms with van der Waals surface area (Å²) in [6.45, 7) is 13.1. The fraction of sp³-hybridized carbons (Fsp3) is 0.909. The van der Waals surface area contributed by atoms with E-state index in [0.29, 0.717) is 39.0 Å². The predicted molar refractivity (Wildman–Crippen MR) is 119 cm³/mol. The van der Waals surface area contributed by atoms with Crippen LogP contribution in [0.15, 0.2) is 0 Å². The second kappa shape index (κ2) is 11.7. The van der Waals surface area contributed by atoms with Gasteiger partial charge >= 0.3 is 12.2 Å². The van der Waals surface area contributed by atoms with Gasteiger partial charge < -0.3 is 30.7 Å². The molecule has 0 bridgehead atoms. The summed E-state index contributed by atoms with van der Waals surface area (Å²) in [6, 6.07) is -0.268. The summed E-state index contributed by atoms with van der Waals surface area (Å²) in [4.78, 5) is 29.7. The highest BCUT2D eigenvalue weighted by atomic mass is 16.6. The number of rotatable bonds is 8. The van der Waals surface area contributed by atoms with Gasteiger partial charge in [0.1, 0.15) is 11.2 Å². The van der Waals surface area contributed by atoms with E-state index in [9.17, 15) is 9.59 Å². The van der Waals surface area contributed by atoms with Gasteiger partial charge in [-0.25, -0.2) is 9.59 Å². The van der Waals surface area contributed by atoms with E-state index in [-0.39, 0.29) is 24.3 Å². The summed E-state index contributed by atoms with van der Waals surface area (Å²) in [5.74, 6) is 0. The van der Waals surface area contributed by atoms with Crippen LogP contribution in [0.2, 0.25) is 0 Å². The summed E-state index contributed by atoms with van der Waals surface area (Å²) in [6.07, 6.45) is 4.29. The Labute approximate surface area is 182 Å². The first-order valence-corrected chi connectivity index (χ1v) is 11.3. The lowest BCUT2D eigenvalue weighted by Crippen LogP contribution is -2.58. The third kappa shape index (κ3) is 9.08. The molecule has 8 nitrogen and oxygen atoms in total. The van der Waals surface area contributed by atoms with Crippen molar-refractivity contribution < 1.29 is 19.1 Å². The van der Waals surface area contributed by atoms with Gasteiger partial charge in [-0.3, -0.25) is 0 Å². The Morgan fingerprint density at radius 1 is 0.767 bits per heavy atom. The molecular weight excluding hydrogens is 384 g/mol. The molecule has 1 aliphatic carbocycles. The van der Waals surface area contributed by atoms with Gasteiger partial charge in [-0.2, -0.15) is 0 Å². The molecule has 0 aromatic carbocycles. The zero-order chi connectivity index (χ0) is 22.9. The highest BCUT2D eigenvalue weighted by Gasteiger charge is 2.40. The van der Waals surface area contributed by atoms with Crippen molar-refractivity contribution >= 4 is 12.2 Å². The lowest BCUT2D eigenvalue weighted by molar-refractivity contribution is -0.0198. The van der Waals surface area contributed by atoms with Crippen molar-refractivity contribution in [3.63, 3.8) is 0 Å². The minimum atomic E-state index is -0.591. The zero-order valence-corrected chi connectivity index (χ0v) is 19.9. The van der Waals surface area contributed by atoms with E-state index in [4.69, 9.17) is 20.9 Å². The zero-order valence-electron chi connectivity index (χ0n) is 19.9. The van der Waals surface area contributed by atoms with Crippen molar-refractivity contribution in [3.05, 3.63) is 0 Å². The van der Waals surface area contributed by atoms with E-state index < -0.39 is 11.2 Å². The first-order chi connectivity index (χ1) is 13.9. The van der Waals surface area contributed by atoms with Crippen LogP contribution in [0.1, 0.15) is 80.1 Å². The molecule has 0 spiro atoms. The summed E-state index contributed by atoms with van der Waals surface area (Å²) < 4.78 is 11.4. The van der Waals surface area contributed by atoms with E-state index in [1.165, 1.54) is 0 Å². The highest BCUT2D eigenvalue weighted by molar-refractivity contribution is 5.70. The average molecular weight is 429 g/mol. The molecule has 0 radical (unpaired) electrons. The van der Waals surface area contributed by atoms with Crippen molar-refractivity contribution in [2.45, 2.75) is 103 Å². The van der Waals surface area contributed by atoms with Gasteiger partial charge in [0.2, 0.25) is 0 Å². The van der Waals surface area contributed by atoms with E-state index >= 15 is 0 Å². The van der Waals surface area contributed by atoms with Gasteiger partial charge in [0.05, 0.1) is 12.1 Å². The van der Waals surface area contributed by atoms with Crippen molar-refractivity contribution in [2.75, 3.05) is 26.2 Å². The van der Waals surface area contributed by atoms with E-state index in [0.717, 1.165) is 25.7 Å². The summed E-state index contributed by atoms with van der Waals surface area (Å²) in [5.41, 5.74) is 10.3. The fourth-order valence-electron chi connectivity index (χ4n) is 3.77. The lowest BCUT2D eigenvalue weighted by atomic mass is 9.88. The van der Waals surface area contributed by atoms with Crippen molar-refractivity contribution in [2.24, 2.45) is 11.5 Å². The molecule has 176 valence electrons. The largest absolute Gasteiger partial charge is 0.444 e. The Bertz CT molecular complexity index is 494. The van der Waals surface area contributed by atoms with Gasteiger partial charge in [-0.15, -0.1) is 0 Å². The molecule has 0 aromatic heterocycles. The van der Waals surface area contributed by atoms with Gasteiger partial charge in [0.15, 0.2) is 0 Å². The van der Waals surface area contributed by atoms with Crippen LogP contribution in [0.5, 0.6) is 0 Å². The molecule has 0 aromatic rings. The Morgan fingerprint density at radius 3 is 1.37 bits per heavy atom. The first-order valence-electron chi connectivity index (χ1n) is 11.3.